The van der Waals surface area contributed by atoms with E-state index >= 15 is 0 Å². The summed E-state index contributed by atoms with van der Waals surface area (Å²) in [5, 5.41) is 0. The average Bonchev–Trinajstić information content (AvgIpc) is 2.97. The van der Waals surface area contributed by atoms with Crippen molar-refractivity contribution < 1.29 is 9.53 Å². The van der Waals surface area contributed by atoms with E-state index in [0.717, 1.165) is 30.0 Å². The smallest absolute Gasteiger partial charge is 0.263 e. The molecule has 0 aliphatic heterocycles. The monoisotopic (exact) mass is 329 g/mol. The summed E-state index contributed by atoms with van der Waals surface area (Å²) < 4.78 is 5.36. The largest absolute Gasteiger partial charge is 0.497 e. The number of fused-ring (bicyclic) bond motifs is 3. The van der Waals surface area contributed by atoms with E-state index in [4.69, 9.17) is 4.74 Å². The number of amides is 1. The fourth-order valence-corrected chi connectivity index (χ4v) is 4.40. The van der Waals surface area contributed by atoms with Crippen LogP contribution in [0.5, 0.6) is 5.75 Å². The van der Waals surface area contributed by atoms with Gasteiger partial charge < -0.3 is 9.64 Å². The van der Waals surface area contributed by atoms with Crippen LogP contribution in [-0.2, 0) is 12.8 Å². The van der Waals surface area contributed by atoms with Crippen LogP contribution in [0.1, 0.15) is 34.6 Å². The first kappa shape index (κ1) is 16.1. The van der Waals surface area contributed by atoms with Crippen molar-refractivity contribution in [3.63, 3.8) is 0 Å². The Balaban J connectivity index is 1.95. The highest BCUT2D eigenvalue weighted by molar-refractivity contribution is 7.17. The molecule has 0 saturated carbocycles. The van der Waals surface area contributed by atoms with Crippen molar-refractivity contribution in [2.24, 2.45) is 5.92 Å². The maximum absolute atomic E-state index is 12.6. The van der Waals surface area contributed by atoms with Crippen LogP contribution in [0, 0.1) is 5.92 Å². The standard InChI is InChI=1S/C19H23NO2S/c1-12(2)11-20(3)19(21)17-9-14-6-5-13-7-8-15(22-4)10-16(13)18(14)23-17/h7-10,12H,5-6,11H2,1-4H3. The third kappa shape index (κ3) is 3.13. The molecule has 1 aromatic heterocycles. The van der Waals surface area contributed by atoms with Crippen molar-refractivity contribution in [1.82, 2.24) is 4.90 Å². The van der Waals surface area contributed by atoms with Gasteiger partial charge in [-0.25, -0.2) is 0 Å². The summed E-state index contributed by atoms with van der Waals surface area (Å²) in [4.78, 5) is 16.5. The number of ether oxygens (including phenoxy) is 1. The van der Waals surface area contributed by atoms with Gasteiger partial charge in [0.1, 0.15) is 5.75 Å². The molecule has 1 aliphatic rings. The zero-order valence-corrected chi connectivity index (χ0v) is 15.0. The lowest BCUT2D eigenvalue weighted by atomic mass is 9.91. The minimum absolute atomic E-state index is 0.127. The van der Waals surface area contributed by atoms with Gasteiger partial charge in [-0.3, -0.25) is 4.79 Å². The molecule has 1 aliphatic carbocycles. The molecule has 0 bridgehead atoms. The van der Waals surface area contributed by atoms with E-state index in [0.29, 0.717) is 5.92 Å². The van der Waals surface area contributed by atoms with Gasteiger partial charge in [0.15, 0.2) is 0 Å². The molecule has 0 radical (unpaired) electrons. The molecular formula is C19H23NO2S. The number of nitrogens with zero attached hydrogens (tertiary/aromatic N) is 1. The predicted molar refractivity (Wildman–Crippen MR) is 95.5 cm³/mol. The molecule has 0 unspecified atom stereocenters. The van der Waals surface area contributed by atoms with Crippen molar-refractivity contribution in [2.75, 3.05) is 20.7 Å². The van der Waals surface area contributed by atoms with E-state index in [1.165, 1.54) is 21.6 Å². The first-order chi connectivity index (χ1) is 11.0. The normalized spacial score (nSPS) is 12.7. The Morgan fingerprint density at radius 1 is 1.26 bits per heavy atom. The minimum atomic E-state index is 0.127. The van der Waals surface area contributed by atoms with Crippen LogP contribution in [0.25, 0.3) is 10.4 Å². The van der Waals surface area contributed by atoms with Crippen LogP contribution in [0.2, 0.25) is 0 Å². The molecule has 0 N–H and O–H groups in total. The Morgan fingerprint density at radius 3 is 2.70 bits per heavy atom. The lowest BCUT2D eigenvalue weighted by Gasteiger charge is -2.18. The maximum Gasteiger partial charge on any atom is 0.263 e. The first-order valence-electron chi connectivity index (χ1n) is 8.05. The first-order valence-corrected chi connectivity index (χ1v) is 8.86. The Bertz CT molecular complexity index is 733. The number of thiophene rings is 1. The quantitative estimate of drug-likeness (QED) is 0.839. The van der Waals surface area contributed by atoms with E-state index in [-0.39, 0.29) is 5.91 Å². The van der Waals surface area contributed by atoms with E-state index < -0.39 is 0 Å². The number of methoxy groups -OCH3 is 1. The topological polar surface area (TPSA) is 29.5 Å². The van der Waals surface area contributed by atoms with Gasteiger partial charge in [0.05, 0.1) is 12.0 Å². The van der Waals surface area contributed by atoms with E-state index in [1.54, 1.807) is 18.4 Å². The highest BCUT2D eigenvalue weighted by Crippen LogP contribution is 2.41. The lowest BCUT2D eigenvalue weighted by Crippen LogP contribution is -2.29. The Labute approximate surface area is 141 Å². The zero-order valence-electron chi connectivity index (χ0n) is 14.2. The van der Waals surface area contributed by atoms with E-state index in [2.05, 4.69) is 32.0 Å². The second kappa shape index (κ2) is 6.36. The fourth-order valence-electron chi connectivity index (χ4n) is 3.15. The van der Waals surface area contributed by atoms with Crippen molar-refractivity contribution in [2.45, 2.75) is 26.7 Å². The third-order valence-electron chi connectivity index (χ3n) is 4.23. The Kier molecular flexibility index (Phi) is 4.44. The van der Waals surface area contributed by atoms with Crippen LogP contribution >= 0.6 is 11.3 Å². The molecule has 4 heteroatoms. The molecule has 1 heterocycles. The summed E-state index contributed by atoms with van der Waals surface area (Å²) in [7, 11) is 3.58. The molecule has 1 amide bonds. The molecule has 122 valence electrons. The van der Waals surface area contributed by atoms with Gasteiger partial charge >= 0.3 is 0 Å². The maximum atomic E-state index is 12.6. The highest BCUT2D eigenvalue weighted by Gasteiger charge is 2.23. The number of hydrogen-bond donors (Lipinski definition) is 0. The molecular weight excluding hydrogens is 306 g/mol. The molecule has 2 aromatic rings. The predicted octanol–water partition coefficient (Wildman–Crippen LogP) is 4.25. The number of carbonyl (C=O) groups excluding carboxylic acids is 1. The number of benzene rings is 1. The molecule has 1 aromatic carbocycles. The van der Waals surface area contributed by atoms with Gasteiger partial charge in [-0.15, -0.1) is 11.3 Å². The summed E-state index contributed by atoms with van der Waals surface area (Å²) in [5.74, 6) is 1.47. The van der Waals surface area contributed by atoms with Crippen molar-refractivity contribution in [3.05, 3.63) is 40.3 Å². The van der Waals surface area contributed by atoms with Crippen LogP contribution in [-0.4, -0.2) is 31.5 Å². The number of aryl methyl sites for hydroxylation is 2. The van der Waals surface area contributed by atoms with Gasteiger partial charge in [-0.1, -0.05) is 19.9 Å². The Morgan fingerprint density at radius 2 is 2.00 bits per heavy atom. The van der Waals surface area contributed by atoms with Gasteiger partial charge in [0.2, 0.25) is 0 Å². The average molecular weight is 329 g/mol. The second-order valence-electron chi connectivity index (χ2n) is 6.57. The van der Waals surface area contributed by atoms with Crippen LogP contribution < -0.4 is 4.74 Å². The van der Waals surface area contributed by atoms with Crippen molar-refractivity contribution in [1.29, 1.82) is 0 Å². The fraction of sp³-hybridized carbons (Fsp3) is 0.421. The molecule has 0 atom stereocenters. The summed E-state index contributed by atoms with van der Waals surface area (Å²) in [6.45, 7) is 5.04. The third-order valence-corrected chi connectivity index (χ3v) is 5.43. The van der Waals surface area contributed by atoms with E-state index in [1.807, 2.05) is 18.0 Å². The van der Waals surface area contributed by atoms with Crippen LogP contribution in [0.15, 0.2) is 24.3 Å². The van der Waals surface area contributed by atoms with Gasteiger partial charge in [-0.2, -0.15) is 0 Å². The minimum Gasteiger partial charge on any atom is -0.497 e. The SMILES string of the molecule is COc1ccc2c(c1)-c1sc(C(=O)N(C)CC(C)C)cc1CC2. The highest BCUT2D eigenvalue weighted by atomic mass is 32.1. The molecule has 0 saturated heterocycles. The second-order valence-corrected chi connectivity index (χ2v) is 7.62. The summed E-state index contributed by atoms with van der Waals surface area (Å²) in [5.41, 5.74) is 3.85. The molecule has 3 nitrogen and oxygen atoms in total. The van der Waals surface area contributed by atoms with Crippen LogP contribution in [0.3, 0.4) is 0 Å². The molecule has 3 rings (SSSR count). The summed E-state index contributed by atoms with van der Waals surface area (Å²) in [6.07, 6.45) is 2.03. The number of hydrogen-bond acceptors (Lipinski definition) is 3. The van der Waals surface area contributed by atoms with Crippen LogP contribution in [0.4, 0.5) is 0 Å². The summed E-state index contributed by atoms with van der Waals surface area (Å²) >= 11 is 1.61. The lowest BCUT2D eigenvalue weighted by molar-refractivity contribution is 0.0784. The van der Waals surface area contributed by atoms with E-state index in [9.17, 15) is 4.79 Å². The number of rotatable bonds is 4. The molecule has 0 fully saturated rings. The molecule has 0 spiro atoms. The molecule has 23 heavy (non-hydrogen) atoms. The van der Waals surface area contributed by atoms with Crippen molar-refractivity contribution >= 4 is 17.2 Å². The zero-order chi connectivity index (χ0) is 16.6. The van der Waals surface area contributed by atoms with Gasteiger partial charge in [0.25, 0.3) is 5.91 Å². The summed E-state index contributed by atoms with van der Waals surface area (Å²) in [6, 6.07) is 8.33. The number of carbonyl (C=O) groups is 1. The van der Waals surface area contributed by atoms with Crippen molar-refractivity contribution in [3.8, 4) is 16.2 Å². The Hall–Kier alpha value is -1.81. The van der Waals surface area contributed by atoms with Gasteiger partial charge in [-0.05, 0) is 53.6 Å². The van der Waals surface area contributed by atoms with Gasteiger partial charge in [0, 0.05) is 18.5 Å².